The van der Waals surface area contributed by atoms with Gasteiger partial charge in [-0.1, -0.05) is 36.6 Å². The van der Waals surface area contributed by atoms with Gasteiger partial charge in [0, 0.05) is 49.5 Å². The van der Waals surface area contributed by atoms with Gasteiger partial charge in [-0.3, -0.25) is 14.5 Å². The van der Waals surface area contributed by atoms with Crippen molar-refractivity contribution in [2.24, 2.45) is 17.8 Å². The Balaban J connectivity index is 1.06. The predicted octanol–water partition coefficient (Wildman–Crippen LogP) is 5.23. The van der Waals surface area contributed by atoms with E-state index in [2.05, 4.69) is 20.9 Å². The molecule has 326 valence electrons. The van der Waals surface area contributed by atoms with Crippen LogP contribution in [0.3, 0.4) is 0 Å². The molecule has 0 unspecified atom stereocenters. The minimum Gasteiger partial charge on any atom is -0.491 e. The summed E-state index contributed by atoms with van der Waals surface area (Å²) in [6.45, 7) is 8.34. The molecule has 0 spiro atoms. The highest BCUT2D eigenvalue weighted by Gasteiger charge is 2.62. The summed E-state index contributed by atoms with van der Waals surface area (Å²) in [6, 6.07) is 3.59. The third-order valence-electron chi connectivity index (χ3n) is 12.9. The summed E-state index contributed by atoms with van der Waals surface area (Å²) in [5.41, 5.74) is -0.741. The summed E-state index contributed by atoms with van der Waals surface area (Å²) in [5, 5.41) is 10.2. The molecule has 3 aliphatic heterocycles. The fraction of sp³-hybridized carbons (Fsp3) is 0.659. The number of aromatic nitrogens is 1. The van der Waals surface area contributed by atoms with E-state index in [9.17, 15) is 19.2 Å². The predicted molar refractivity (Wildman–Crippen MR) is 224 cm³/mol. The minimum atomic E-state index is -1.23. The number of halogens is 1. The summed E-state index contributed by atoms with van der Waals surface area (Å²) >= 11 is 7.02. The Hall–Kier alpha value is -4.34. The SMILES string of the molecule is COC(=O)[C@@]12C[C@H]1/C=C\CCCCC[C@H](NC(=O)O[C@@H]1C[C@@H]3C[C@@H]3C1)C(=O)N1C[C@H](Oc3cc(NC(C)C)nc4c(Cl)c(OCCN5CCOCC5)ccc34)C[C@H]1C(=O)N2. The molecule has 3 amide bonds. The van der Waals surface area contributed by atoms with Crippen molar-refractivity contribution in [3.8, 4) is 11.5 Å². The van der Waals surface area contributed by atoms with Gasteiger partial charge in [-0.25, -0.2) is 14.6 Å². The van der Waals surface area contributed by atoms with Gasteiger partial charge in [0.2, 0.25) is 11.8 Å². The summed E-state index contributed by atoms with van der Waals surface area (Å²) in [7, 11) is 1.31. The van der Waals surface area contributed by atoms with Gasteiger partial charge in [0.15, 0.2) is 0 Å². The Morgan fingerprint density at radius 3 is 2.62 bits per heavy atom. The molecule has 4 heterocycles. The van der Waals surface area contributed by atoms with Crippen LogP contribution in [0.4, 0.5) is 10.6 Å². The standard InChI is InChI=1S/C44H59ClN6O9/c1-26(2)46-37-23-36(32-11-12-35(38(45)39(32)48-37)58-18-15-50-13-16-57-17-14-50)59-31-22-34-40(52)49-44(42(54)56-3)24-29(44)9-7-5-4-6-8-10-33(41(53)51(34)25-31)47-43(55)60-30-20-27-19-28(27)21-30/h7,9,11-12,23,26-31,33-34H,4-6,8,10,13-22,24-25H2,1-3H3,(H,46,48)(H,47,55)(H,49,52)/b9-7-/t27-,28+,29-,30+,31-,33+,34+,44-/m1/s1. The number of anilines is 1. The molecule has 16 heteroatoms. The number of ether oxygens (including phenoxy) is 5. The van der Waals surface area contributed by atoms with Crippen molar-refractivity contribution in [2.75, 3.05) is 58.4 Å². The topological polar surface area (TPSA) is 170 Å². The van der Waals surface area contributed by atoms with E-state index < -0.39 is 47.6 Å². The van der Waals surface area contributed by atoms with Crippen molar-refractivity contribution in [3.05, 3.63) is 35.4 Å². The second kappa shape index (κ2) is 18.3. The van der Waals surface area contributed by atoms with E-state index in [4.69, 9.17) is 40.3 Å². The number of pyridine rings is 1. The number of alkyl carbamates (subject to hydrolysis) is 1. The zero-order valence-corrected chi connectivity index (χ0v) is 35.7. The number of benzene rings is 1. The molecule has 6 aliphatic rings. The van der Waals surface area contributed by atoms with Gasteiger partial charge in [0.25, 0.3) is 0 Å². The average Bonchev–Trinajstić information content (AvgIpc) is 4.02. The van der Waals surface area contributed by atoms with E-state index in [0.717, 1.165) is 51.7 Å². The Morgan fingerprint density at radius 2 is 1.85 bits per heavy atom. The van der Waals surface area contributed by atoms with Gasteiger partial charge in [-0.05, 0) is 82.8 Å². The second-order valence-electron chi connectivity index (χ2n) is 17.6. The third kappa shape index (κ3) is 9.58. The van der Waals surface area contributed by atoms with E-state index in [1.165, 1.54) is 18.4 Å². The number of rotatable bonds is 11. The first-order valence-corrected chi connectivity index (χ1v) is 22.2. The third-order valence-corrected chi connectivity index (χ3v) is 13.3. The average molecular weight is 851 g/mol. The van der Waals surface area contributed by atoms with E-state index in [-0.39, 0.29) is 31.0 Å². The summed E-state index contributed by atoms with van der Waals surface area (Å²) in [4.78, 5) is 64.3. The molecule has 3 N–H and O–H groups in total. The van der Waals surface area contributed by atoms with Crippen LogP contribution in [0.1, 0.15) is 78.1 Å². The van der Waals surface area contributed by atoms with Gasteiger partial charge in [-0.2, -0.15) is 0 Å². The Labute approximate surface area is 356 Å². The monoisotopic (exact) mass is 850 g/mol. The molecule has 0 bridgehead atoms. The molecule has 0 radical (unpaired) electrons. The lowest BCUT2D eigenvalue weighted by molar-refractivity contribution is -0.148. The maximum Gasteiger partial charge on any atom is 0.408 e. The summed E-state index contributed by atoms with van der Waals surface area (Å²) < 4.78 is 29.4. The number of fused-ring (bicyclic) bond motifs is 4. The number of methoxy groups -OCH3 is 1. The molecule has 3 saturated carbocycles. The van der Waals surface area contributed by atoms with Crippen LogP contribution in [-0.2, 0) is 28.6 Å². The quantitative estimate of drug-likeness (QED) is 0.199. The Morgan fingerprint density at radius 1 is 1.05 bits per heavy atom. The number of hydrogen-bond acceptors (Lipinski definition) is 12. The number of carbonyl (C=O) groups excluding carboxylic acids is 4. The number of allylic oxidation sites excluding steroid dienone is 1. The first-order chi connectivity index (χ1) is 29.0. The fourth-order valence-corrected chi connectivity index (χ4v) is 9.74. The highest BCUT2D eigenvalue weighted by molar-refractivity contribution is 6.36. The van der Waals surface area contributed by atoms with Crippen molar-refractivity contribution in [1.82, 2.24) is 25.4 Å². The van der Waals surface area contributed by atoms with Crippen molar-refractivity contribution in [3.63, 3.8) is 0 Å². The Kier molecular flexibility index (Phi) is 12.9. The van der Waals surface area contributed by atoms with Crippen LogP contribution in [0.15, 0.2) is 30.4 Å². The normalized spacial score (nSPS) is 31.1. The highest BCUT2D eigenvalue weighted by Crippen LogP contribution is 2.52. The van der Waals surface area contributed by atoms with E-state index in [1.54, 1.807) is 12.1 Å². The van der Waals surface area contributed by atoms with E-state index in [0.29, 0.717) is 84.2 Å². The molecule has 8 rings (SSSR count). The number of nitrogens with one attached hydrogen (secondary N) is 3. The molecule has 3 aliphatic carbocycles. The number of nitrogens with zero attached hydrogens (tertiary/aromatic N) is 3. The maximum absolute atomic E-state index is 14.7. The van der Waals surface area contributed by atoms with Crippen molar-refractivity contribution in [2.45, 2.75) is 114 Å². The zero-order valence-electron chi connectivity index (χ0n) is 34.9. The number of amides is 3. The van der Waals surface area contributed by atoms with E-state index >= 15 is 0 Å². The Bertz CT molecular complexity index is 1950. The molecular weight excluding hydrogens is 792 g/mol. The number of esters is 1. The first kappa shape index (κ1) is 42.4. The van der Waals surface area contributed by atoms with Gasteiger partial charge >= 0.3 is 12.1 Å². The van der Waals surface area contributed by atoms with Crippen LogP contribution in [-0.4, -0.2) is 128 Å². The summed E-state index contributed by atoms with van der Waals surface area (Å²) in [5.74, 6) is 1.13. The van der Waals surface area contributed by atoms with Crippen LogP contribution in [0.2, 0.25) is 5.02 Å². The lowest BCUT2D eigenvalue weighted by Gasteiger charge is -2.29. The van der Waals surface area contributed by atoms with Crippen molar-refractivity contribution >= 4 is 52.2 Å². The van der Waals surface area contributed by atoms with Crippen molar-refractivity contribution in [1.29, 1.82) is 0 Å². The molecule has 15 nitrogen and oxygen atoms in total. The van der Waals surface area contributed by atoms with Gasteiger partial charge in [0.1, 0.15) is 58.8 Å². The smallest absolute Gasteiger partial charge is 0.408 e. The van der Waals surface area contributed by atoms with Crippen LogP contribution in [0.5, 0.6) is 11.5 Å². The highest BCUT2D eigenvalue weighted by atomic mass is 35.5. The maximum atomic E-state index is 14.7. The number of morpholine rings is 1. The van der Waals surface area contributed by atoms with Crippen LogP contribution in [0, 0.1) is 17.8 Å². The van der Waals surface area contributed by atoms with E-state index in [1.807, 2.05) is 32.1 Å². The minimum absolute atomic E-state index is 0.0428. The van der Waals surface area contributed by atoms with Gasteiger partial charge in [0.05, 0.1) is 32.4 Å². The molecule has 2 aromatic rings. The summed E-state index contributed by atoms with van der Waals surface area (Å²) in [6.07, 6.45) is 9.61. The number of carbonyl (C=O) groups is 4. The first-order valence-electron chi connectivity index (χ1n) is 21.9. The fourth-order valence-electron chi connectivity index (χ4n) is 9.48. The second-order valence-corrected chi connectivity index (χ2v) is 18.0. The van der Waals surface area contributed by atoms with Crippen molar-refractivity contribution < 1.29 is 42.9 Å². The largest absolute Gasteiger partial charge is 0.491 e. The molecule has 5 fully saturated rings. The van der Waals surface area contributed by atoms with Crippen LogP contribution in [0.25, 0.3) is 10.9 Å². The molecular formula is C44H59ClN6O9. The molecule has 1 aromatic carbocycles. The molecule has 2 saturated heterocycles. The van der Waals surface area contributed by atoms with Gasteiger partial charge in [-0.15, -0.1) is 0 Å². The zero-order chi connectivity index (χ0) is 42.0. The molecule has 1 aromatic heterocycles. The lowest BCUT2D eigenvalue weighted by atomic mass is 10.0. The van der Waals surface area contributed by atoms with Crippen LogP contribution < -0.4 is 25.4 Å². The van der Waals surface area contributed by atoms with Crippen LogP contribution >= 0.6 is 11.6 Å². The van der Waals surface area contributed by atoms with Gasteiger partial charge < -0.3 is 44.5 Å². The molecule has 8 atom stereocenters. The lowest BCUT2D eigenvalue weighted by Crippen LogP contribution is -2.56. The molecule has 60 heavy (non-hydrogen) atoms. The number of hydrogen-bond donors (Lipinski definition) is 3.